The van der Waals surface area contributed by atoms with E-state index >= 15 is 0 Å². The minimum Gasteiger partial charge on any atom is -0.450 e. The predicted octanol–water partition coefficient (Wildman–Crippen LogP) is 3.24. The van der Waals surface area contributed by atoms with E-state index in [2.05, 4.69) is 6.07 Å². The lowest BCUT2D eigenvalue weighted by atomic mass is 9.99. The molecule has 0 spiro atoms. The standard InChI is InChI=1S/C23H22N2O4S2/c1-28-23(14-25-20(26)19(30-13-12-24)21(25)31-15-23)22(27)29-18(16-8-4-2-5-9-16)17-10-6-3-7-11-17/h2-11,18-19,21H,13-15H2,1H3/t19?,21-,23?/m1/s1. The first-order chi connectivity index (χ1) is 15.1. The highest BCUT2D eigenvalue weighted by Crippen LogP contribution is 2.45. The number of ether oxygens (including phenoxy) is 2. The van der Waals surface area contributed by atoms with Crippen molar-refractivity contribution in [2.24, 2.45) is 0 Å². The van der Waals surface area contributed by atoms with Gasteiger partial charge in [-0.25, -0.2) is 4.79 Å². The number of β-lactam (4-membered cyclic amide) rings is 1. The fourth-order valence-corrected chi connectivity index (χ4v) is 6.52. The van der Waals surface area contributed by atoms with Crippen molar-refractivity contribution in [3.05, 3.63) is 71.8 Å². The highest BCUT2D eigenvalue weighted by atomic mass is 32.2. The Kier molecular flexibility index (Phi) is 6.56. The largest absolute Gasteiger partial charge is 0.450 e. The van der Waals surface area contributed by atoms with Crippen molar-refractivity contribution in [1.82, 2.24) is 4.90 Å². The fraction of sp³-hybridized carbons (Fsp3) is 0.348. The summed E-state index contributed by atoms with van der Waals surface area (Å²) in [6.45, 7) is 0.152. The quantitative estimate of drug-likeness (QED) is 0.469. The van der Waals surface area contributed by atoms with Crippen LogP contribution in [0.15, 0.2) is 60.7 Å². The Labute approximate surface area is 189 Å². The zero-order valence-electron chi connectivity index (χ0n) is 17.0. The van der Waals surface area contributed by atoms with Gasteiger partial charge in [-0.2, -0.15) is 5.26 Å². The van der Waals surface area contributed by atoms with Crippen molar-refractivity contribution in [2.45, 2.75) is 22.3 Å². The second-order valence-electron chi connectivity index (χ2n) is 7.36. The summed E-state index contributed by atoms with van der Waals surface area (Å²) in [5, 5.41) is 8.52. The first-order valence-corrected chi connectivity index (χ1v) is 12.0. The number of hydrogen-bond acceptors (Lipinski definition) is 7. The Balaban J connectivity index is 1.53. The van der Waals surface area contributed by atoms with Crippen LogP contribution in [-0.4, -0.2) is 58.2 Å². The summed E-state index contributed by atoms with van der Waals surface area (Å²) in [4.78, 5) is 27.6. The molecule has 0 radical (unpaired) electrons. The molecular weight excluding hydrogens is 432 g/mol. The van der Waals surface area contributed by atoms with Gasteiger partial charge in [0.15, 0.2) is 11.7 Å². The van der Waals surface area contributed by atoms with E-state index in [0.29, 0.717) is 5.75 Å². The molecule has 2 unspecified atom stereocenters. The second-order valence-corrected chi connectivity index (χ2v) is 9.60. The summed E-state index contributed by atoms with van der Waals surface area (Å²) in [5.41, 5.74) is 0.494. The molecule has 2 aliphatic rings. The van der Waals surface area contributed by atoms with Crippen LogP contribution >= 0.6 is 23.5 Å². The van der Waals surface area contributed by atoms with Crippen LogP contribution in [0, 0.1) is 11.3 Å². The van der Waals surface area contributed by atoms with Crippen LogP contribution in [0.5, 0.6) is 0 Å². The number of nitriles is 1. The van der Waals surface area contributed by atoms with Gasteiger partial charge in [-0.15, -0.1) is 23.5 Å². The smallest absolute Gasteiger partial charge is 0.342 e. The maximum Gasteiger partial charge on any atom is 0.342 e. The van der Waals surface area contributed by atoms with E-state index in [-0.39, 0.29) is 28.8 Å². The summed E-state index contributed by atoms with van der Waals surface area (Å²) < 4.78 is 11.7. The topological polar surface area (TPSA) is 79.6 Å². The Bertz CT molecular complexity index is 943. The van der Waals surface area contributed by atoms with Crippen molar-refractivity contribution in [3.63, 3.8) is 0 Å². The molecule has 3 atom stereocenters. The van der Waals surface area contributed by atoms with Gasteiger partial charge < -0.3 is 14.4 Å². The molecule has 2 fully saturated rings. The van der Waals surface area contributed by atoms with Crippen LogP contribution in [0.2, 0.25) is 0 Å². The maximum absolute atomic E-state index is 13.4. The van der Waals surface area contributed by atoms with E-state index in [0.717, 1.165) is 11.1 Å². The lowest BCUT2D eigenvalue weighted by molar-refractivity contribution is -0.177. The molecule has 0 bridgehead atoms. The van der Waals surface area contributed by atoms with E-state index in [9.17, 15) is 9.59 Å². The van der Waals surface area contributed by atoms with Crippen LogP contribution < -0.4 is 0 Å². The number of fused-ring (bicyclic) bond motifs is 1. The van der Waals surface area contributed by atoms with Crippen LogP contribution in [0.25, 0.3) is 0 Å². The number of hydrogen-bond donors (Lipinski definition) is 0. The summed E-state index contributed by atoms with van der Waals surface area (Å²) in [5.74, 6) is 0.111. The van der Waals surface area contributed by atoms with Gasteiger partial charge in [0, 0.05) is 12.9 Å². The predicted molar refractivity (Wildman–Crippen MR) is 120 cm³/mol. The zero-order chi connectivity index (χ0) is 21.8. The van der Waals surface area contributed by atoms with E-state index < -0.39 is 17.7 Å². The third-order valence-corrected chi connectivity index (χ3v) is 8.31. The summed E-state index contributed by atoms with van der Waals surface area (Å²) in [6, 6.07) is 21.2. The van der Waals surface area contributed by atoms with E-state index in [1.165, 1.54) is 30.6 Å². The van der Waals surface area contributed by atoms with Gasteiger partial charge in [0.2, 0.25) is 5.91 Å². The molecule has 1 amide bonds. The summed E-state index contributed by atoms with van der Waals surface area (Å²) in [7, 11) is 1.48. The monoisotopic (exact) mass is 454 g/mol. The van der Waals surface area contributed by atoms with Crippen LogP contribution in [0.3, 0.4) is 0 Å². The van der Waals surface area contributed by atoms with E-state index in [1.807, 2.05) is 60.7 Å². The SMILES string of the molecule is COC1(C(=O)OC(c2ccccc2)c2ccccc2)CS[C@@H]2C(SCC#N)C(=O)N2C1. The molecule has 6 nitrogen and oxygen atoms in total. The summed E-state index contributed by atoms with van der Waals surface area (Å²) >= 11 is 2.85. The first kappa shape index (κ1) is 21.8. The molecule has 4 rings (SSSR count). The van der Waals surface area contributed by atoms with Crippen molar-refractivity contribution >= 4 is 35.4 Å². The minimum absolute atomic E-state index is 0.0408. The Morgan fingerprint density at radius 2 is 1.84 bits per heavy atom. The van der Waals surface area contributed by atoms with Gasteiger partial charge in [-0.05, 0) is 11.1 Å². The molecule has 2 aromatic rings. The number of carbonyl (C=O) groups is 2. The fourth-order valence-electron chi connectivity index (χ4n) is 3.79. The van der Waals surface area contributed by atoms with Gasteiger partial charge >= 0.3 is 5.97 Å². The molecule has 8 heteroatoms. The Hall–Kier alpha value is -2.47. The molecule has 0 saturated carbocycles. The van der Waals surface area contributed by atoms with Gasteiger partial charge in [-0.3, -0.25) is 4.79 Å². The third-order valence-electron chi connectivity index (χ3n) is 5.53. The average Bonchev–Trinajstić information content (AvgIpc) is 2.83. The Morgan fingerprint density at radius 3 is 2.39 bits per heavy atom. The maximum atomic E-state index is 13.4. The lowest BCUT2D eigenvalue weighted by Gasteiger charge is -2.53. The highest BCUT2D eigenvalue weighted by molar-refractivity contribution is 8.04. The number of rotatable bonds is 7. The number of nitrogens with zero attached hydrogens (tertiary/aromatic N) is 2. The number of amides is 1. The molecule has 0 aliphatic carbocycles. The van der Waals surface area contributed by atoms with Gasteiger partial charge in [0.05, 0.1) is 23.7 Å². The normalized spacial score (nSPS) is 24.8. The number of thioether (sulfide) groups is 2. The van der Waals surface area contributed by atoms with Crippen molar-refractivity contribution in [3.8, 4) is 6.07 Å². The molecule has 2 aromatic carbocycles. The van der Waals surface area contributed by atoms with Crippen LogP contribution in [0.1, 0.15) is 17.2 Å². The van der Waals surface area contributed by atoms with Gasteiger partial charge in [-0.1, -0.05) is 60.7 Å². The Morgan fingerprint density at radius 1 is 1.23 bits per heavy atom. The van der Waals surface area contributed by atoms with Crippen molar-refractivity contribution < 1.29 is 19.1 Å². The third kappa shape index (κ3) is 4.18. The first-order valence-electron chi connectivity index (χ1n) is 9.86. The minimum atomic E-state index is -1.23. The van der Waals surface area contributed by atoms with Crippen LogP contribution in [0.4, 0.5) is 0 Å². The van der Waals surface area contributed by atoms with Crippen molar-refractivity contribution in [2.75, 3.05) is 25.2 Å². The lowest BCUT2D eigenvalue weighted by Crippen LogP contribution is -2.71. The highest BCUT2D eigenvalue weighted by Gasteiger charge is 2.58. The molecule has 0 aromatic heterocycles. The molecule has 31 heavy (non-hydrogen) atoms. The number of carbonyl (C=O) groups excluding carboxylic acids is 2. The van der Waals surface area contributed by atoms with Gasteiger partial charge in [0.1, 0.15) is 5.25 Å². The molecule has 2 aliphatic heterocycles. The molecule has 160 valence electrons. The number of methoxy groups -OCH3 is 1. The summed E-state index contributed by atoms with van der Waals surface area (Å²) in [6.07, 6.45) is -0.573. The zero-order valence-corrected chi connectivity index (χ0v) is 18.6. The van der Waals surface area contributed by atoms with E-state index in [1.54, 1.807) is 4.90 Å². The van der Waals surface area contributed by atoms with Crippen molar-refractivity contribution in [1.29, 1.82) is 5.26 Å². The van der Waals surface area contributed by atoms with Gasteiger partial charge in [0.25, 0.3) is 0 Å². The average molecular weight is 455 g/mol. The molecule has 2 heterocycles. The molecule has 0 N–H and O–H groups in total. The molecule has 2 saturated heterocycles. The van der Waals surface area contributed by atoms with E-state index in [4.69, 9.17) is 14.7 Å². The number of benzene rings is 2. The second kappa shape index (κ2) is 9.35. The van der Waals surface area contributed by atoms with Crippen LogP contribution in [-0.2, 0) is 19.1 Å². The number of esters is 1. The molecular formula is C23H22N2O4S2.